The average molecular weight is 404 g/mol. The van der Waals surface area contributed by atoms with Crippen LogP contribution in [0.5, 0.6) is 5.75 Å². The topological polar surface area (TPSA) is 98.4 Å². The summed E-state index contributed by atoms with van der Waals surface area (Å²) in [4.78, 5) is 11.4. The van der Waals surface area contributed by atoms with Crippen molar-refractivity contribution in [1.29, 1.82) is 0 Å². The molecular weight excluding hydrogens is 376 g/mol. The van der Waals surface area contributed by atoms with Crippen molar-refractivity contribution in [2.45, 2.75) is 57.4 Å². The molecule has 0 aliphatic carbocycles. The molecule has 2 N–H and O–H groups in total. The zero-order valence-corrected chi connectivity index (χ0v) is 17.1. The molecule has 0 radical (unpaired) electrons. The Balaban J connectivity index is 1.62. The van der Waals surface area contributed by atoms with Gasteiger partial charge in [0.05, 0.1) is 30.8 Å². The van der Waals surface area contributed by atoms with Crippen molar-refractivity contribution in [2.75, 3.05) is 7.11 Å². The summed E-state index contributed by atoms with van der Waals surface area (Å²) in [6, 6.07) is 2.88. The largest absolute Gasteiger partial charge is 0.496 e. The molecule has 2 saturated heterocycles. The predicted molar refractivity (Wildman–Crippen MR) is 107 cm³/mol. The Morgan fingerprint density at radius 3 is 2.55 bits per heavy atom. The molecule has 2 aliphatic rings. The van der Waals surface area contributed by atoms with E-state index < -0.39 is 35.1 Å². The van der Waals surface area contributed by atoms with Crippen molar-refractivity contribution < 1.29 is 28.8 Å². The number of ether oxygens (including phenoxy) is 3. The van der Waals surface area contributed by atoms with Crippen LogP contribution in [0.1, 0.15) is 33.0 Å². The molecule has 7 heteroatoms. The first-order valence-corrected chi connectivity index (χ1v) is 9.66. The van der Waals surface area contributed by atoms with Crippen LogP contribution in [0.3, 0.4) is 0 Å². The third-order valence-corrected chi connectivity index (χ3v) is 5.97. The first-order valence-electron chi connectivity index (χ1n) is 9.66. The van der Waals surface area contributed by atoms with E-state index in [0.29, 0.717) is 17.9 Å². The highest BCUT2D eigenvalue weighted by Crippen LogP contribution is 2.55. The molecular formula is C22H28O7. The van der Waals surface area contributed by atoms with E-state index in [1.807, 2.05) is 6.92 Å². The predicted octanol–water partition coefficient (Wildman–Crippen LogP) is 2.43. The molecule has 3 heterocycles. The Kier molecular flexibility index (Phi) is 6.14. The summed E-state index contributed by atoms with van der Waals surface area (Å²) in [7, 11) is 1.48. The van der Waals surface area contributed by atoms with Crippen LogP contribution in [0.2, 0.25) is 0 Å². The summed E-state index contributed by atoms with van der Waals surface area (Å²) in [5.41, 5.74) is -2.58. The number of fused-ring (bicyclic) bond motifs is 1. The van der Waals surface area contributed by atoms with Gasteiger partial charge in [-0.25, -0.2) is 4.79 Å². The third kappa shape index (κ3) is 3.83. The van der Waals surface area contributed by atoms with Crippen LogP contribution in [0, 0.1) is 5.41 Å². The van der Waals surface area contributed by atoms with Crippen molar-refractivity contribution in [3.8, 4) is 5.75 Å². The summed E-state index contributed by atoms with van der Waals surface area (Å²) in [6.07, 6.45) is 8.45. The minimum absolute atomic E-state index is 0.376. The number of allylic oxidation sites excluding steroid dienone is 4. The van der Waals surface area contributed by atoms with Gasteiger partial charge in [0, 0.05) is 6.07 Å². The van der Waals surface area contributed by atoms with Gasteiger partial charge in [-0.3, -0.25) is 0 Å². The fourth-order valence-corrected chi connectivity index (χ4v) is 3.95. The van der Waals surface area contributed by atoms with Gasteiger partial charge in [-0.2, -0.15) is 0 Å². The molecule has 0 spiro atoms. The number of rotatable bonds is 6. The lowest BCUT2D eigenvalue weighted by molar-refractivity contribution is -0.144. The van der Waals surface area contributed by atoms with Crippen LogP contribution in [-0.2, 0) is 9.47 Å². The van der Waals surface area contributed by atoms with Crippen molar-refractivity contribution in [3.63, 3.8) is 0 Å². The third-order valence-electron chi connectivity index (χ3n) is 5.97. The molecule has 3 rings (SSSR count). The number of aliphatic hydroxyl groups is 2. The maximum absolute atomic E-state index is 11.4. The SMILES string of the molecule is CCC1OC2OC(C=CC=CC=Cc3cc(OC)cc(=O)o3)C(O)C2(C)C1(C)O. The quantitative estimate of drug-likeness (QED) is 0.703. The summed E-state index contributed by atoms with van der Waals surface area (Å²) in [5.74, 6) is 0.808. The van der Waals surface area contributed by atoms with Crippen LogP contribution < -0.4 is 10.4 Å². The van der Waals surface area contributed by atoms with Gasteiger partial charge in [0.25, 0.3) is 0 Å². The lowest BCUT2D eigenvalue weighted by atomic mass is 9.69. The highest BCUT2D eigenvalue weighted by Gasteiger charge is 2.69. The first kappa shape index (κ1) is 21.5. The van der Waals surface area contributed by atoms with Crippen LogP contribution in [0.4, 0.5) is 0 Å². The average Bonchev–Trinajstić information content (AvgIpc) is 3.04. The Bertz CT molecular complexity index is 866. The molecule has 6 unspecified atom stereocenters. The molecule has 158 valence electrons. The molecule has 7 nitrogen and oxygen atoms in total. The molecule has 6 atom stereocenters. The lowest BCUT2D eigenvalue weighted by Crippen LogP contribution is -2.54. The fraction of sp³-hybridized carbons (Fsp3) is 0.500. The molecule has 0 amide bonds. The first-order chi connectivity index (χ1) is 13.7. The maximum atomic E-state index is 11.4. The van der Waals surface area contributed by atoms with Crippen molar-refractivity contribution in [1.82, 2.24) is 0 Å². The number of hydrogen-bond donors (Lipinski definition) is 2. The van der Waals surface area contributed by atoms with Gasteiger partial charge in [0.15, 0.2) is 6.29 Å². The van der Waals surface area contributed by atoms with E-state index in [1.54, 1.807) is 56.4 Å². The molecule has 1 aromatic rings. The second kappa shape index (κ2) is 8.28. The van der Waals surface area contributed by atoms with E-state index in [0.717, 1.165) is 0 Å². The van der Waals surface area contributed by atoms with E-state index in [1.165, 1.54) is 13.2 Å². The van der Waals surface area contributed by atoms with E-state index in [-0.39, 0.29) is 6.10 Å². The van der Waals surface area contributed by atoms with Crippen molar-refractivity contribution in [3.05, 3.63) is 58.7 Å². The summed E-state index contributed by atoms with van der Waals surface area (Å²) in [5, 5.41) is 21.7. The summed E-state index contributed by atoms with van der Waals surface area (Å²) >= 11 is 0. The number of aliphatic hydroxyl groups excluding tert-OH is 1. The number of hydrogen-bond acceptors (Lipinski definition) is 7. The molecule has 2 aliphatic heterocycles. The van der Waals surface area contributed by atoms with E-state index in [4.69, 9.17) is 18.6 Å². The van der Waals surface area contributed by atoms with Gasteiger partial charge < -0.3 is 28.8 Å². The Morgan fingerprint density at radius 2 is 1.90 bits per heavy atom. The molecule has 29 heavy (non-hydrogen) atoms. The molecule has 1 aromatic heterocycles. The van der Waals surface area contributed by atoms with E-state index in [9.17, 15) is 15.0 Å². The van der Waals surface area contributed by atoms with Crippen LogP contribution in [-0.4, -0.2) is 47.5 Å². The van der Waals surface area contributed by atoms with Crippen molar-refractivity contribution in [2.24, 2.45) is 5.41 Å². The van der Waals surface area contributed by atoms with Crippen LogP contribution in [0.15, 0.2) is 51.7 Å². The van der Waals surface area contributed by atoms with E-state index in [2.05, 4.69) is 0 Å². The second-order valence-electron chi connectivity index (χ2n) is 7.69. The Morgan fingerprint density at radius 1 is 1.17 bits per heavy atom. The van der Waals surface area contributed by atoms with Gasteiger partial charge in [0.2, 0.25) is 0 Å². The standard InChI is InChI=1S/C22H28O7/c1-5-17-22(3,25)21(2)19(24)16(28-20(21)29-17)11-9-7-6-8-10-14-12-15(26-4)13-18(23)27-14/h6-13,16-17,19-20,24-25H,5H2,1-4H3. The summed E-state index contributed by atoms with van der Waals surface area (Å²) in [6.45, 7) is 5.43. The highest BCUT2D eigenvalue weighted by atomic mass is 16.7. The summed E-state index contributed by atoms with van der Waals surface area (Å²) < 4.78 is 21.8. The second-order valence-corrected chi connectivity index (χ2v) is 7.69. The normalized spacial score (nSPS) is 37.2. The molecule has 0 saturated carbocycles. The molecule has 0 bridgehead atoms. The smallest absolute Gasteiger partial charge is 0.339 e. The molecule has 0 aromatic carbocycles. The minimum Gasteiger partial charge on any atom is -0.496 e. The van der Waals surface area contributed by atoms with Gasteiger partial charge in [-0.05, 0) is 26.3 Å². The van der Waals surface area contributed by atoms with Crippen LogP contribution in [0.25, 0.3) is 6.08 Å². The highest BCUT2D eigenvalue weighted by molar-refractivity contribution is 5.47. The lowest BCUT2D eigenvalue weighted by Gasteiger charge is -2.38. The van der Waals surface area contributed by atoms with Gasteiger partial charge >= 0.3 is 5.63 Å². The van der Waals surface area contributed by atoms with Gasteiger partial charge in [-0.1, -0.05) is 37.3 Å². The van der Waals surface area contributed by atoms with Gasteiger partial charge in [-0.15, -0.1) is 0 Å². The fourth-order valence-electron chi connectivity index (χ4n) is 3.95. The number of methoxy groups -OCH3 is 1. The maximum Gasteiger partial charge on any atom is 0.339 e. The molecule has 2 fully saturated rings. The zero-order valence-electron chi connectivity index (χ0n) is 17.1. The van der Waals surface area contributed by atoms with Crippen LogP contribution >= 0.6 is 0 Å². The Hall–Kier alpha value is -2.19. The van der Waals surface area contributed by atoms with Crippen molar-refractivity contribution >= 4 is 6.08 Å². The Labute approximate surface area is 169 Å². The van der Waals surface area contributed by atoms with E-state index >= 15 is 0 Å². The zero-order chi connectivity index (χ0) is 21.2. The monoisotopic (exact) mass is 404 g/mol. The van der Waals surface area contributed by atoms with Gasteiger partial charge in [0.1, 0.15) is 23.2 Å². The minimum atomic E-state index is -1.19.